The third kappa shape index (κ3) is 2.35. The van der Waals surface area contributed by atoms with Crippen LogP contribution in [-0.2, 0) is 0 Å². The molecule has 2 N–H and O–H groups in total. The van der Waals surface area contributed by atoms with Crippen LogP contribution in [0.2, 0.25) is 0 Å². The fourth-order valence-corrected chi connectivity index (χ4v) is 3.09. The molecule has 0 aliphatic heterocycles. The number of halogens is 1. The van der Waals surface area contributed by atoms with Crippen molar-refractivity contribution in [1.29, 1.82) is 0 Å². The molecule has 0 radical (unpaired) electrons. The zero-order valence-corrected chi connectivity index (χ0v) is 11.9. The van der Waals surface area contributed by atoms with Crippen molar-refractivity contribution in [2.45, 2.75) is 37.6 Å². The van der Waals surface area contributed by atoms with Gasteiger partial charge in [0.05, 0.1) is 23.6 Å². The highest BCUT2D eigenvalue weighted by Gasteiger charge is 2.34. The number of pyridine rings is 1. The molecule has 2 aromatic rings. The topological polar surface area (TPSA) is 56.7 Å². The van der Waals surface area contributed by atoms with E-state index in [1.54, 1.807) is 6.07 Å². The second kappa shape index (κ2) is 4.91. The summed E-state index contributed by atoms with van der Waals surface area (Å²) in [4.78, 5) is 4.22. The zero-order valence-electron chi connectivity index (χ0n) is 11.9. The molecular formula is C16H19FN4. The molecule has 2 aliphatic rings. The molecular weight excluding hydrogens is 267 g/mol. The number of hydrogen-bond donors (Lipinski definition) is 1. The first-order chi connectivity index (χ1) is 10.2. The Labute approximate surface area is 123 Å². The molecule has 2 fully saturated rings. The van der Waals surface area contributed by atoms with Crippen LogP contribution >= 0.6 is 0 Å². The van der Waals surface area contributed by atoms with Crippen molar-refractivity contribution in [2.24, 2.45) is 11.7 Å². The summed E-state index contributed by atoms with van der Waals surface area (Å²) in [5.74, 6) is 0.887. The lowest BCUT2D eigenvalue weighted by Gasteiger charge is -2.34. The second-order valence-electron chi connectivity index (χ2n) is 6.27. The molecule has 0 saturated heterocycles. The summed E-state index contributed by atoms with van der Waals surface area (Å²) in [6.07, 6.45) is 7.97. The lowest BCUT2D eigenvalue weighted by atomic mass is 9.80. The Hall–Kier alpha value is -1.75. The minimum Gasteiger partial charge on any atom is -0.330 e. The molecule has 110 valence electrons. The van der Waals surface area contributed by atoms with E-state index in [0.29, 0.717) is 17.9 Å². The van der Waals surface area contributed by atoms with Crippen LogP contribution in [0.5, 0.6) is 0 Å². The van der Waals surface area contributed by atoms with Gasteiger partial charge in [0.2, 0.25) is 0 Å². The summed E-state index contributed by atoms with van der Waals surface area (Å²) in [6.45, 7) is 0.764. The first kappa shape index (κ1) is 13.0. The van der Waals surface area contributed by atoms with Gasteiger partial charge in [0.1, 0.15) is 5.82 Å². The monoisotopic (exact) mass is 286 g/mol. The Bertz CT molecular complexity index is 639. The van der Waals surface area contributed by atoms with E-state index in [0.717, 1.165) is 36.3 Å². The van der Waals surface area contributed by atoms with Crippen LogP contribution in [0.25, 0.3) is 11.3 Å². The molecule has 2 saturated carbocycles. The van der Waals surface area contributed by atoms with Gasteiger partial charge in [0.15, 0.2) is 0 Å². The molecule has 0 atom stereocenters. The molecule has 0 spiro atoms. The summed E-state index contributed by atoms with van der Waals surface area (Å²) < 4.78 is 15.1. The molecule has 4 rings (SSSR count). The molecule has 21 heavy (non-hydrogen) atoms. The van der Waals surface area contributed by atoms with E-state index in [2.05, 4.69) is 15.9 Å². The van der Waals surface area contributed by atoms with Gasteiger partial charge in [-0.25, -0.2) is 4.39 Å². The molecule has 2 heterocycles. The Morgan fingerprint density at radius 3 is 2.71 bits per heavy atom. The van der Waals surface area contributed by atoms with E-state index in [1.807, 2.05) is 0 Å². The number of nitrogens with zero attached hydrogens (tertiary/aromatic N) is 3. The van der Waals surface area contributed by atoms with Crippen molar-refractivity contribution in [3.05, 3.63) is 36.0 Å². The fraction of sp³-hybridized carbons (Fsp3) is 0.500. The summed E-state index contributed by atoms with van der Waals surface area (Å²) in [7, 11) is 0. The summed E-state index contributed by atoms with van der Waals surface area (Å²) in [5, 5.41) is 4.80. The van der Waals surface area contributed by atoms with Crippen molar-refractivity contribution >= 4 is 0 Å². The average molecular weight is 286 g/mol. The van der Waals surface area contributed by atoms with E-state index in [9.17, 15) is 4.39 Å². The van der Waals surface area contributed by atoms with E-state index < -0.39 is 0 Å². The van der Waals surface area contributed by atoms with E-state index >= 15 is 0 Å². The highest BCUT2D eigenvalue weighted by Crippen LogP contribution is 2.45. The molecule has 0 aromatic carbocycles. The van der Waals surface area contributed by atoms with Crippen molar-refractivity contribution in [3.8, 4) is 11.3 Å². The van der Waals surface area contributed by atoms with Crippen LogP contribution in [0, 0.1) is 11.7 Å². The lowest BCUT2D eigenvalue weighted by Crippen LogP contribution is -2.32. The average Bonchev–Trinajstić information content (AvgIpc) is 3.20. The quantitative estimate of drug-likeness (QED) is 0.940. The van der Waals surface area contributed by atoms with Crippen molar-refractivity contribution < 1.29 is 4.39 Å². The largest absolute Gasteiger partial charge is 0.330 e. The van der Waals surface area contributed by atoms with Crippen LogP contribution in [-0.4, -0.2) is 21.3 Å². The SMILES string of the molecule is NCC1CC(n2cc(-c3ccc(F)cn3)c(C3CC3)n2)C1. The molecule has 2 aliphatic carbocycles. The summed E-state index contributed by atoms with van der Waals surface area (Å²) in [5.41, 5.74) is 8.71. The molecule has 4 nitrogen and oxygen atoms in total. The lowest BCUT2D eigenvalue weighted by molar-refractivity contribution is 0.189. The minimum absolute atomic E-state index is 0.302. The predicted octanol–water partition coefficient (Wildman–Crippen LogP) is 2.87. The second-order valence-corrected chi connectivity index (χ2v) is 6.27. The molecule has 0 bridgehead atoms. The smallest absolute Gasteiger partial charge is 0.141 e. The van der Waals surface area contributed by atoms with Gasteiger partial charge in [-0.15, -0.1) is 0 Å². The predicted molar refractivity (Wildman–Crippen MR) is 78.2 cm³/mol. The molecule has 0 amide bonds. The van der Waals surface area contributed by atoms with Gasteiger partial charge in [0, 0.05) is 17.7 Å². The first-order valence-electron chi connectivity index (χ1n) is 7.65. The van der Waals surface area contributed by atoms with Crippen molar-refractivity contribution in [1.82, 2.24) is 14.8 Å². The minimum atomic E-state index is -0.302. The van der Waals surface area contributed by atoms with E-state index in [4.69, 9.17) is 10.8 Å². The van der Waals surface area contributed by atoms with Gasteiger partial charge >= 0.3 is 0 Å². The maximum Gasteiger partial charge on any atom is 0.141 e. The Balaban J connectivity index is 1.66. The number of rotatable bonds is 4. The van der Waals surface area contributed by atoms with Gasteiger partial charge in [-0.2, -0.15) is 5.10 Å². The van der Waals surface area contributed by atoms with Crippen LogP contribution in [0.4, 0.5) is 4.39 Å². The normalized spacial score (nSPS) is 24.9. The Morgan fingerprint density at radius 2 is 2.10 bits per heavy atom. The first-order valence-corrected chi connectivity index (χ1v) is 7.65. The Morgan fingerprint density at radius 1 is 1.29 bits per heavy atom. The summed E-state index contributed by atoms with van der Waals surface area (Å²) >= 11 is 0. The van der Waals surface area contributed by atoms with E-state index in [-0.39, 0.29) is 5.82 Å². The van der Waals surface area contributed by atoms with Gasteiger partial charge in [-0.1, -0.05) is 0 Å². The summed E-state index contributed by atoms with van der Waals surface area (Å²) in [6, 6.07) is 3.67. The molecule has 0 unspecified atom stereocenters. The van der Waals surface area contributed by atoms with Gasteiger partial charge in [-0.05, 0) is 50.3 Å². The molecule has 2 aromatic heterocycles. The Kier molecular flexibility index (Phi) is 3.03. The van der Waals surface area contributed by atoms with Gasteiger partial charge < -0.3 is 5.73 Å². The van der Waals surface area contributed by atoms with Crippen LogP contribution in [0.3, 0.4) is 0 Å². The zero-order chi connectivity index (χ0) is 14.4. The number of hydrogen-bond acceptors (Lipinski definition) is 3. The van der Waals surface area contributed by atoms with Crippen molar-refractivity contribution in [3.63, 3.8) is 0 Å². The van der Waals surface area contributed by atoms with Gasteiger partial charge in [0.25, 0.3) is 0 Å². The van der Waals surface area contributed by atoms with Gasteiger partial charge in [-0.3, -0.25) is 9.67 Å². The maximum absolute atomic E-state index is 13.1. The van der Waals surface area contributed by atoms with E-state index in [1.165, 1.54) is 25.1 Å². The number of nitrogens with two attached hydrogens (primary N) is 1. The highest BCUT2D eigenvalue weighted by atomic mass is 19.1. The maximum atomic E-state index is 13.1. The van der Waals surface area contributed by atoms with Crippen LogP contribution < -0.4 is 5.73 Å². The molecule has 5 heteroatoms. The van der Waals surface area contributed by atoms with Crippen LogP contribution in [0.1, 0.15) is 43.3 Å². The highest BCUT2D eigenvalue weighted by molar-refractivity contribution is 5.62. The third-order valence-electron chi connectivity index (χ3n) is 4.65. The third-order valence-corrected chi connectivity index (χ3v) is 4.65. The fourth-order valence-electron chi connectivity index (χ4n) is 3.09. The van der Waals surface area contributed by atoms with Crippen LogP contribution in [0.15, 0.2) is 24.5 Å². The standard InChI is InChI=1S/C16H19FN4/c17-12-3-4-15(19-8-12)14-9-21(13-5-10(6-13)7-18)20-16(14)11-1-2-11/h3-4,8-11,13H,1-2,5-7,18H2. The van der Waals surface area contributed by atoms with Crippen molar-refractivity contribution in [2.75, 3.05) is 6.54 Å². The number of aromatic nitrogens is 3.